The molecule has 3 aromatic rings. The van der Waals surface area contributed by atoms with E-state index in [1.807, 2.05) is 36.4 Å². The monoisotopic (exact) mass is 481 g/mol. The maximum atomic E-state index is 13.7. The fourth-order valence-electron chi connectivity index (χ4n) is 4.45. The fourth-order valence-corrected chi connectivity index (χ4v) is 4.58. The Balaban J connectivity index is 1.50. The summed E-state index contributed by atoms with van der Waals surface area (Å²) in [6, 6.07) is 15.0. The van der Waals surface area contributed by atoms with Crippen molar-refractivity contribution < 1.29 is 18.8 Å². The predicted molar refractivity (Wildman–Crippen MR) is 130 cm³/mol. The maximum absolute atomic E-state index is 13.7. The standard InChI is InChI=1S/C26H28ClN3O4/c1-26(12-14-30(26)24(32)15-22-21-6-3-2-5-19(21)17-34-22)25(33)29(13-4-7-23(28)31)16-18-8-10-20(27)11-9-18/h2-3,5-6,8-11,17H,4,7,12-16H2,1H3,(H2,28,31). The van der Waals surface area contributed by atoms with E-state index >= 15 is 0 Å². The minimum absolute atomic E-state index is 0.0925. The molecular formula is C26H28ClN3O4. The molecule has 0 bridgehead atoms. The number of amides is 3. The predicted octanol–water partition coefficient (Wildman–Crippen LogP) is 3.91. The lowest BCUT2D eigenvalue weighted by Crippen LogP contribution is -2.68. The number of primary amides is 1. The fraction of sp³-hybridized carbons (Fsp3) is 0.346. The molecule has 1 unspecified atom stereocenters. The largest absolute Gasteiger partial charge is 0.468 e. The molecule has 1 fully saturated rings. The zero-order chi connectivity index (χ0) is 24.3. The molecular weight excluding hydrogens is 454 g/mol. The molecule has 2 aromatic carbocycles. The van der Waals surface area contributed by atoms with Crippen molar-refractivity contribution in [3.05, 3.63) is 71.1 Å². The number of hydrogen-bond acceptors (Lipinski definition) is 4. The van der Waals surface area contributed by atoms with Gasteiger partial charge in [-0.2, -0.15) is 0 Å². The van der Waals surface area contributed by atoms with Crippen molar-refractivity contribution in [3.63, 3.8) is 0 Å². The maximum Gasteiger partial charge on any atom is 0.248 e. The Morgan fingerprint density at radius 3 is 2.56 bits per heavy atom. The van der Waals surface area contributed by atoms with Crippen molar-refractivity contribution in [1.82, 2.24) is 9.80 Å². The summed E-state index contributed by atoms with van der Waals surface area (Å²) in [5.74, 6) is -0.0976. The topological polar surface area (TPSA) is 96.9 Å². The van der Waals surface area contributed by atoms with E-state index in [2.05, 4.69) is 0 Å². The van der Waals surface area contributed by atoms with Crippen LogP contribution < -0.4 is 5.73 Å². The highest BCUT2D eigenvalue weighted by molar-refractivity contribution is 6.30. The number of fused-ring (bicyclic) bond motifs is 1. The highest BCUT2D eigenvalue weighted by Gasteiger charge is 2.51. The first-order chi connectivity index (χ1) is 16.3. The Kier molecular flexibility index (Phi) is 6.93. The second-order valence-electron chi connectivity index (χ2n) is 8.92. The Morgan fingerprint density at radius 1 is 1.15 bits per heavy atom. The molecule has 0 spiro atoms. The second kappa shape index (κ2) is 9.89. The number of benzene rings is 2. The third-order valence-corrected chi connectivity index (χ3v) is 6.76. The Labute approximate surface area is 203 Å². The molecule has 2 heterocycles. The number of hydrogen-bond donors (Lipinski definition) is 1. The summed E-state index contributed by atoms with van der Waals surface area (Å²) in [4.78, 5) is 41.5. The van der Waals surface area contributed by atoms with Crippen LogP contribution in [0.3, 0.4) is 0 Å². The minimum Gasteiger partial charge on any atom is -0.468 e. The highest BCUT2D eigenvalue weighted by atomic mass is 35.5. The van der Waals surface area contributed by atoms with E-state index in [1.54, 1.807) is 35.1 Å². The van der Waals surface area contributed by atoms with Crippen molar-refractivity contribution in [3.8, 4) is 0 Å². The van der Waals surface area contributed by atoms with Crippen molar-refractivity contribution in [2.75, 3.05) is 13.1 Å². The molecule has 1 aliphatic heterocycles. The minimum atomic E-state index is -0.946. The Hall–Kier alpha value is -3.32. The molecule has 7 nitrogen and oxygen atoms in total. The van der Waals surface area contributed by atoms with Crippen LogP contribution in [0.4, 0.5) is 0 Å². The van der Waals surface area contributed by atoms with Gasteiger partial charge in [0.05, 0.1) is 12.7 Å². The molecule has 0 aliphatic carbocycles. The van der Waals surface area contributed by atoms with Crippen LogP contribution in [0, 0.1) is 0 Å². The van der Waals surface area contributed by atoms with Gasteiger partial charge in [-0.15, -0.1) is 0 Å². The van der Waals surface area contributed by atoms with Crippen molar-refractivity contribution in [2.45, 2.75) is 44.7 Å². The quantitative estimate of drug-likeness (QED) is 0.501. The molecule has 0 saturated carbocycles. The lowest BCUT2D eigenvalue weighted by Gasteiger charge is -2.51. The van der Waals surface area contributed by atoms with Crippen molar-refractivity contribution in [1.29, 1.82) is 0 Å². The van der Waals surface area contributed by atoms with Crippen LogP contribution in [0.2, 0.25) is 5.02 Å². The SMILES string of the molecule is CC1(C(=O)N(CCCC(N)=O)Cc2ccc(Cl)cc2)CCN1C(=O)Cc1occ2ccccc12. The lowest BCUT2D eigenvalue weighted by atomic mass is 9.84. The van der Waals surface area contributed by atoms with Crippen LogP contribution in [0.15, 0.2) is 59.2 Å². The van der Waals surface area contributed by atoms with Gasteiger partial charge in [0.1, 0.15) is 11.3 Å². The van der Waals surface area contributed by atoms with Gasteiger partial charge in [0.2, 0.25) is 17.7 Å². The van der Waals surface area contributed by atoms with Gasteiger partial charge < -0.3 is 20.0 Å². The summed E-state index contributed by atoms with van der Waals surface area (Å²) in [6.07, 6.45) is 2.95. The van der Waals surface area contributed by atoms with Gasteiger partial charge in [0.15, 0.2) is 0 Å². The summed E-state index contributed by atoms with van der Waals surface area (Å²) in [5, 5.41) is 2.46. The van der Waals surface area contributed by atoms with E-state index in [0.717, 1.165) is 16.3 Å². The smallest absolute Gasteiger partial charge is 0.248 e. The summed E-state index contributed by atoms with van der Waals surface area (Å²) >= 11 is 6.00. The molecule has 2 N–H and O–H groups in total. The van der Waals surface area contributed by atoms with Gasteiger partial charge in [0.25, 0.3) is 0 Å². The molecule has 1 aromatic heterocycles. The van der Waals surface area contributed by atoms with E-state index in [1.165, 1.54) is 0 Å². The Bertz CT molecular complexity index is 1210. The molecule has 0 radical (unpaired) electrons. The Morgan fingerprint density at radius 2 is 1.88 bits per heavy atom. The number of furan rings is 1. The number of nitrogens with zero attached hydrogens (tertiary/aromatic N) is 2. The van der Waals surface area contributed by atoms with Crippen LogP contribution in [0.1, 0.15) is 37.5 Å². The highest BCUT2D eigenvalue weighted by Crippen LogP contribution is 2.34. The van der Waals surface area contributed by atoms with Gasteiger partial charge in [-0.1, -0.05) is 48.0 Å². The van der Waals surface area contributed by atoms with Crippen LogP contribution in [-0.4, -0.2) is 46.1 Å². The van der Waals surface area contributed by atoms with Crippen molar-refractivity contribution in [2.24, 2.45) is 5.73 Å². The molecule has 4 rings (SSSR count). The summed E-state index contributed by atoms with van der Waals surface area (Å²) < 4.78 is 5.65. The molecule has 34 heavy (non-hydrogen) atoms. The normalized spacial score (nSPS) is 17.4. The first-order valence-corrected chi connectivity index (χ1v) is 11.7. The molecule has 1 saturated heterocycles. The molecule has 178 valence electrons. The van der Waals surface area contributed by atoms with Gasteiger partial charge in [0, 0.05) is 41.9 Å². The van der Waals surface area contributed by atoms with E-state index in [9.17, 15) is 14.4 Å². The second-order valence-corrected chi connectivity index (χ2v) is 9.35. The van der Waals surface area contributed by atoms with Crippen LogP contribution >= 0.6 is 11.6 Å². The molecule has 3 amide bonds. The van der Waals surface area contributed by atoms with Crippen LogP contribution in [-0.2, 0) is 27.3 Å². The lowest BCUT2D eigenvalue weighted by molar-refractivity contribution is -0.164. The first kappa shape index (κ1) is 23.8. The molecule has 1 atom stereocenters. The number of carbonyl (C=O) groups excluding carboxylic acids is 3. The average Bonchev–Trinajstić information content (AvgIpc) is 3.20. The van der Waals surface area contributed by atoms with Gasteiger partial charge >= 0.3 is 0 Å². The third kappa shape index (κ3) is 4.94. The summed E-state index contributed by atoms with van der Waals surface area (Å²) in [7, 11) is 0. The van der Waals surface area contributed by atoms with E-state index in [4.69, 9.17) is 21.8 Å². The number of halogens is 1. The molecule has 8 heteroatoms. The van der Waals surface area contributed by atoms with Gasteiger partial charge in [-0.25, -0.2) is 0 Å². The van der Waals surface area contributed by atoms with Gasteiger partial charge in [-0.3, -0.25) is 14.4 Å². The third-order valence-electron chi connectivity index (χ3n) is 6.51. The average molecular weight is 482 g/mol. The van der Waals surface area contributed by atoms with Crippen LogP contribution in [0.25, 0.3) is 10.8 Å². The van der Waals surface area contributed by atoms with E-state index in [0.29, 0.717) is 43.3 Å². The van der Waals surface area contributed by atoms with E-state index < -0.39 is 11.4 Å². The zero-order valence-corrected chi connectivity index (χ0v) is 19.9. The number of likely N-dealkylation sites (tertiary alicyclic amines) is 1. The van der Waals surface area contributed by atoms with Crippen LogP contribution in [0.5, 0.6) is 0 Å². The molecule has 1 aliphatic rings. The first-order valence-electron chi connectivity index (χ1n) is 11.4. The number of rotatable bonds is 9. The number of carbonyl (C=O) groups is 3. The van der Waals surface area contributed by atoms with Crippen molar-refractivity contribution >= 4 is 40.1 Å². The summed E-state index contributed by atoms with van der Waals surface area (Å²) in [5.41, 5.74) is 5.26. The number of nitrogens with two attached hydrogens (primary N) is 1. The summed E-state index contributed by atoms with van der Waals surface area (Å²) in [6.45, 7) is 3.04. The van der Waals surface area contributed by atoms with E-state index in [-0.39, 0.29) is 24.7 Å². The zero-order valence-electron chi connectivity index (χ0n) is 19.1. The van der Waals surface area contributed by atoms with Gasteiger partial charge in [-0.05, 0) is 37.5 Å².